The number of aromatic amines is 2. The van der Waals surface area contributed by atoms with E-state index in [4.69, 9.17) is 22.3 Å². The number of nitrogens with one attached hydrogen (secondary N) is 3. The predicted octanol–water partition coefficient (Wildman–Crippen LogP) is -1.89. The Bertz CT molecular complexity index is 1600. The van der Waals surface area contributed by atoms with Crippen molar-refractivity contribution in [1.82, 2.24) is 40.5 Å². The lowest BCUT2D eigenvalue weighted by Crippen LogP contribution is -2.42. The zero-order valence-electron chi connectivity index (χ0n) is 18.5. The van der Waals surface area contributed by atoms with E-state index >= 15 is 0 Å². The lowest BCUT2D eigenvalue weighted by atomic mass is 9.97. The third-order valence-corrected chi connectivity index (χ3v) is 7.63. The standard InChI is InChI=1S/C18H22N12O4S2/c19-7-11(20)8-23-36(33,34)13-5-4-12(14(15(13)35(22,31)32)17-26-29-30-27-17)9-2-1-3-10(6-9)16-24-18(21)28-25-16/h1-6,11,23H,7-8,19-20H2,(H2,22,31,32)(H3,21,24,25,28)(H,26,27,29,30). The highest BCUT2D eigenvalue weighted by Gasteiger charge is 2.32. The summed E-state index contributed by atoms with van der Waals surface area (Å²) in [6, 6.07) is 8.54. The molecular weight excluding hydrogens is 512 g/mol. The normalized spacial score (nSPS) is 13.1. The second-order valence-corrected chi connectivity index (χ2v) is 10.8. The first-order valence-electron chi connectivity index (χ1n) is 10.2. The van der Waals surface area contributed by atoms with Crippen molar-refractivity contribution in [3.8, 4) is 33.9 Å². The maximum absolute atomic E-state index is 13.1. The highest BCUT2D eigenvalue weighted by molar-refractivity contribution is 7.92. The van der Waals surface area contributed by atoms with Gasteiger partial charge in [-0.15, -0.1) is 10.2 Å². The zero-order chi connectivity index (χ0) is 26.1. The average Bonchev–Trinajstić information content (AvgIpc) is 3.53. The van der Waals surface area contributed by atoms with Crippen LogP contribution in [0.4, 0.5) is 5.95 Å². The van der Waals surface area contributed by atoms with Gasteiger partial charge in [-0.05, 0) is 28.5 Å². The third-order valence-electron chi connectivity index (χ3n) is 5.04. The van der Waals surface area contributed by atoms with Crippen LogP contribution < -0.4 is 27.1 Å². The van der Waals surface area contributed by atoms with E-state index in [0.29, 0.717) is 17.0 Å². The number of primary sulfonamides is 1. The summed E-state index contributed by atoms with van der Waals surface area (Å²) in [5, 5.41) is 25.5. The zero-order valence-corrected chi connectivity index (χ0v) is 20.1. The maximum atomic E-state index is 13.1. The summed E-state index contributed by atoms with van der Waals surface area (Å²) in [7, 11) is -9.06. The first kappa shape index (κ1) is 25.3. The Morgan fingerprint density at radius 2 is 1.78 bits per heavy atom. The Hall–Kier alpha value is -3.81. The van der Waals surface area contributed by atoms with Crippen LogP contribution in [0.15, 0.2) is 46.2 Å². The van der Waals surface area contributed by atoms with Gasteiger partial charge in [-0.3, -0.25) is 0 Å². The van der Waals surface area contributed by atoms with Gasteiger partial charge < -0.3 is 17.2 Å². The monoisotopic (exact) mass is 534 g/mol. The molecule has 0 spiro atoms. The van der Waals surface area contributed by atoms with Gasteiger partial charge in [0.25, 0.3) is 0 Å². The van der Waals surface area contributed by atoms with Crippen molar-refractivity contribution in [2.45, 2.75) is 15.8 Å². The summed E-state index contributed by atoms with van der Waals surface area (Å²) in [6.45, 7) is -0.228. The van der Waals surface area contributed by atoms with Crippen molar-refractivity contribution in [3.63, 3.8) is 0 Å². The number of sulfonamides is 2. The van der Waals surface area contributed by atoms with Crippen LogP contribution in [0.5, 0.6) is 0 Å². The van der Waals surface area contributed by atoms with E-state index in [2.05, 4.69) is 40.5 Å². The molecule has 0 radical (unpaired) electrons. The van der Waals surface area contributed by atoms with Gasteiger partial charge in [-0.2, -0.15) is 15.3 Å². The van der Waals surface area contributed by atoms with Gasteiger partial charge in [-0.25, -0.2) is 31.8 Å². The largest absolute Gasteiger partial charge is 0.368 e. The molecule has 0 aliphatic heterocycles. The molecule has 2 aromatic heterocycles. The molecule has 190 valence electrons. The first-order chi connectivity index (χ1) is 17.0. The lowest BCUT2D eigenvalue weighted by molar-refractivity contribution is 0.563. The number of aromatic nitrogens is 7. The molecule has 11 N–H and O–H groups in total. The molecule has 16 nitrogen and oxygen atoms in total. The van der Waals surface area contributed by atoms with E-state index in [1.165, 1.54) is 6.07 Å². The Labute approximate surface area is 205 Å². The summed E-state index contributed by atoms with van der Waals surface area (Å²) in [4.78, 5) is 2.75. The van der Waals surface area contributed by atoms with Crippen LogP contribution in [0, 0.1) is 0 Å². The minimum absolute atomic E-state index is 0.00442. The van der Waals surface area contributed by atoms with E-state index < -0.39 is 35.9 Å². The van der Waals surface area contributed by atoms with Crippen molar-refractivity contribution in [3.05, 3.63) is 36.4 Å². The summed E-state index contributed by atoms with van der Waals surface area (Å²) in [5.74, 6) is 0.204. The highest BCUT2D eigenvalue weighted by atomic mass is 32.2. The van der Waals surface area contributed by atoms with Gasteiger partial charge in [0.05, 0.1) is 5.56 Å². The van der Waals surface area contributed by atoms with Crippen molar-refractivity contribution < 1.29 is 16.8 Å². The number of H-pyrrole nitrogens is 2. The quantitative estimate of drug-likeness (QED) is 0.124. The number of nitrogens with zero attached hydrogens (tertiary/aromatic N) is 5. The van der Waals surface area contributed by atoms with Crippen molar-refractivity contribution in [1.29, 1.82) is 0 Å². The minimum Gasteiger partial charge on any atom is -0.368 e. The Morgan fingerprint density at radius 3 is 2.39 bits per heavy atom. The van der Waals surface area contributed by atoms with E-state index in [1.807, 2.05) is 0 Å². The van der Waals surface area contributed by atoms with Gasteiger partial charge in [0, 0.05) is 24.7 Å². The molecule has 0 fully saturated rings. The summed E-state index contributed by atoms with van der Waals surface area (Å²) in [6.07, 6.45) is 0. The SMILES string of the molecule is NCC(N)CNS(=O)(=O)c1ccc(-c2cccc(-c3n[nH]c(N)n3)c2)c(-c2nn[nH]n2)c1S(N)(=O)=O. The number of benzene rings is 2. The smallest absolute Gasteiger partial charge is 0.241 e. The fourth-order valence-corrected chi connectivity index (χ4v) is 6.09. The van der Waals surface area contributed by atoms with E-state index in [9.17, 15) is 16.8 Å². The van der Waals surface area contributed by atoms with Crippen molar-refractivity contribution in [2.24, 2.45) is 16.6 Å². The van der Waals surface area contributed by atoms with Gasteiger partial charge >= 0.3 is 0 Å². The summed E-state index contributed by atoms with van der Waals surface area (Å²) < 4.78 is 54.1. The number of nitrogen functional groups attached to an aromatic ring is 1. The fourth-order valence-electron chi connectivity index (χ4n) is 3.39. The highest BCUT2D eigenvalue weighted by Crippen LogP contribution is 2.39. The van der Waals surface area contributed by atoms with Gasteiger partial charge in [0.15, 0.2) is 5.82 Å². The van der Waals surface area contributed by atoms with Crippen molar-refractivity contribution in [2.75, 3.05) is 18.8 Å². The summed E-state index contributed by atoms with van der Waals surface area (Å²) >= 11 is 0. The molecule has 0 saturated heterocycles. The molecule has 0 aliphatic rings. The van der Waals surface area contributed by atoms with Gasteiger partial charge in [0.2, 0.25) is 31.8 Å². The maximum Gasteiger partial charge on any atom is 0.241 e. The first-order valence-corrected chi connectivity index (χ1v) is 13.2. The van der Waals surface area contributed by atoms with Crippen LogP contribution >= 0.6 is 0 Å². The van der Waals surface area contributed by atoms with Gasteiger partial charge in [-0.1, -0.05) is 24.3 Å². The minimum atomic E-state index is -4.65. The van der Waals surface area contributed by atoms with Crippen LogP contribution in [0.1, 0.15) is 0 Å². The van der Waals surface area contributed by atoms with Gasteiger partial charge in [0.1, 0.15) is 9.79 Å². The van der Waals surface area contributed by atoms with Crippen LogP contribution in [0.2, 0.25) is 0 Å². The molecule has 4 rings (SSSR count). The molecule has 1 unspecified atom stereocenters. The fraction of sp³-hybridized carbons (Fsp3) is 0.167. The van der Waals surface area contributed by atoms with E-state index in [0.717, 1.165) is 6.07 Å². The third kappa shape index (κ3) is 5.08. The molecule has 0 aliphatic carbocycles. The average molecular weight is 535 g/mol. The Balaban J connectivity index is 1.97. The number of tetrazole rings is 1. The van der Waals surface area contributed by atoms with Crippen LogP contribution in [-0.4, -0.2) is 71.8 Å². The topological polar surface area (TPSA) is 280 Å². The second kappa shape index (κ2) is 9.68. The molecule has 2 heterocycles. The molecule has 0 bridgehead atoms. The lowest BCUT2D eigenvalue weighted by Gasteiger charge is -2.17. The second-order valence-electron chi connectivity index (χ2n) is 7.57. The van der Waals surface area contributed by atoms with E-state index in [-0.39, 0.29) is 36.0 Å². The molecule has 36 heavy (non-hydrogen) atoms. The van der Waals surface area contributed by atoms with Crippen LogP contribution in [-0.2, 0) is 20.0 Å². The molecular formula is C18H22N12O4S2. The molecule has 1 atom stereocenters. The number of hydrogen-bond acceptors (Lipinski definition) is 12. The Morgan fingerprint density at radius 1 is 1.03 bits per heavy atom. The number of rotatable bonds is 9. The molecule has 0 saturated carbocycles. The molecule has 2 aromatic carbocycles. The van der Waals surface area contributed by atoms with Crippen LogP contribution in [0.3, 0.4) is 0 Å². The van der Waals surface area contributed by atoms with Crippen molar-refractivity contribution >= 4 is 26.0 Å². The summed E-state index contributed by atoms with van der Waals surface area (Å²) in [5.41, 5.74) is 17.9. The van der Waals surface area contributed by atoms with E-state index in [1.54, 1.807) is 24.3 Å². The predicted molar refractivity (Wildman–Crippen MR) is 128 cm³/mol. The number of nitrogens with two attached hydrogens (primary N) is 4. The molecule has 4 aromatic rings. The number of anilines is 1. The number of hydrogen-bond donors (Lipinski definition) is 7. The van der Waals surface area contributed by atoms with Crippen LogP contribution in [0.25, 0.3) is 33.9 Å². The molecule has 18 heteroatoms. The molecule has 0 amide bonds. The Kier molecular flexibility index (Phi) is 6.80.